The van der Waals surface area contributed by atoms with E-state index in [0.717, 1.165) is 19.3 Å². The molecule has 6 unspecified atom stereocenters. The summed E-state index contributed by atoms with van der Waals surface area (Å²) in [6.07, 6.45) is 2.43. The molecule has 0 N–H and O–H groups in total. The first kappa shape index (κ1) is 12.0. The average Bonchev–Trinajstić information content (AvgIpc) is 2.84. The summed E-state index contributed by atoms with van der Waals surface area (Å²) >= 11 is 0. The first-order valence-corrected chi connectivity index (χ1v) is 6.90. The highest BCUT2D eigenvalue weighted by Gasteiger charge is 2.69. The van der Waals surface area contributed by atoms with Gasteiger partial charge in [0, 0.05) is 11.8 Å². The van der Waals surface area contributed by atoms with Crippen molar-refractivity contribution >= 4 is 11.9 Å². The van der Waals surface area contributed by atoms with Crippen LogP contribution in [0.3, 0.4) is 0 Å². The van der Waals surface area contributed by atoms with Crippen LogP contribution >= 0.6 is 0 Å². The Balaban J connectivity index is 1.79. The molecule has 4 bridgehead atoms. The highest BCUT2D eigenvalue weighted by Crippen LogP contribution is 2.60. The molecular formula is C14H20O4. The van der Waals surface area contributed by atoms with Crippen LogP contribution in [-0.4, -0.2) is 23.6 Å². The molecule has 4 aliphatic rings. The van der Waals surface area contributed by atoms with Crippen LogP contribution in [0.4, 0.5) is 0 Å². The fraction of sp³-hybridized carbons (Fsp3) is 0.857. The Labute approximate surface area is 107 Å². The van der Waals surface area contributed by atoms with Crippen molar-refractivity contribution in [3.05, 3.63) is 0 Å². The third-order valence-electron chi connectivity index (χ3n) is 5.26. The van der Waals surface area contributed by atoms with Crippen LogP contribution in [0.5, 0.6) is 0 Å². The molecule has 4 rings (SSSR count). The van der Waals surface area contributed by atoms with Gasteiger partial charge in [0.2, 0.25) is 0 Å². The number of hydrogen-bond donors (Lipinski definition) is 0. The topological polar surface area (TPSA) is 52.6 Å². The second-order valence-corrected chi connectivity index (χ2v) is 6.21. The van der Waals surface area contributed by atoms with Gasteiger partial charge < -0.3 is 9.47 Å². The van der Waals surface area contributed by atoms with E-state index >= 15 is 0 Å². The molecule has 2 saturated heterocycles. The molecule has 0 spiro atoms. The Kier molecular flexibility index (Phi) is 2.48. The van der Waals surface area contributed by atoms with Crippen molar-refractivity contribution in [3.63, 3.8) is 0 Å². The number of ether oxygens (including phenoxy) is 2. The molecule has 6 atom stereocenters. The van der Waals surface area contributed by atoms with Gasteiger partial charge in [-0.1, -0.05) is 13.8 Å². The van der Waals surface area contributed by atoms with E-state index in [9.17, 15) is 9.59 Å². The van der Waals surface area contributed by atoms with E-state index in [1.165, 1.54) is 0 Å². The Morgan fingerprint density at radius 2 is 2.28 bits per heavy atom. The van der Waals surface area contributed by atoms with E-state index < -0.39 is 5.60 Å². The maximum Gasteiger partial charge on any atom is 0.310 e. The van der Waals surface area contributed by atoms with Crippen LogP contribution in [0.25, 0.3) is 0 Å². The Morgan fingerprint density at radius 1 is 1.56 bits per heavy atom. The minimum atomic E-state index is -0.570. The molecular weight excluding hydrogens is 232 g/mol. The van der Waals surface area contributed by atoms with Gasteiger partial charge in [0.1, 0.15) is 11.7 Å². The van der Waals surface area contributed by atoms with Gasteiger partial charge in [-0.05, 0) is 26.2 Å². The van der Waals surface area contributed by atoms with Gasteiger partial charge in [-0.25, -0.2) is 0 Å². The first-order chi connectivity index (χ1) is 8.47. The largest absolute Gasteiger partial charge is 0.458 e. The summed E-state index contributed by atoms with van der Waals surface area (Å²) in [5.41, 5.74) is -0.570. The van der Waals surface area contributed by atoms with E-state index in [-0.39, 0.29) is 35.8 Å². The lowest BCUT2D eigenvalue weighted by Gasteiger charge is -2.47. The van der Waals surface area contributed by atoms with Gasteiger partial charge in [-0.2, -0.15) is 0 Å². The highest BCUT2D eigenvalue weighted by atomic mass is 16.6. The standard InChI is InChI=1S/C14H20O4/c1-4-7(2)12(15)17-11-9-5-8-6-10(9)13(16)18-14(8,11)3/h7-11H,4-6H2,1-3H3. The van der Waals surface area contributed by atoms with E-state index in [2.05, 4.69) is 0 Å². The van der Waals surface area contributed by atoms with Crippen molar-refractivity contribution < 1.29 is 19.1 Å². The number of esters is 2. The number of carbonyl (C=O) groups is 2. The summed E-state index contributed by atoms with van der Waals surface area (Å²) in [4.78, 5) is 23.7. The average molecular weight is 252 g/mol. The molecule has 2 aliphatic heterocycles. The smallest absolute Gasteiger partial charge is 0.310 e. The fourth-order valence-electron chi connectivity index (χ4n) is 3.85. The molecule has 2 aliphatic carbocycles. The molecule has 18 heavy (non-hydrogen) atoms. The minimum absolute atomic E-state index is 0.0356. The second-order valence-electron chi connectivity index (χ2n) is 6.21. The van der Waals surface area contributed by atoms with Crippen molar-refractivity contribution in [2.75, 3.05) is 0 Å². The summed E-state index contributed by atoms with van der Waals surface area (Å²) in [6.45, 7) is 5.78. The van der Waals surface area contributed by atoms with Crippen molar-refractivity contribution in [2.45, 2.75) is 51.7 Å². The van der Waals surface area contributed by atoms with Gasteiger partial charge in [-0.3, -0.25) is 9.59 Å². The third-order valence-corrected chi connectivity index (χ3v) is 5.26. The van der Waals surface area contributed by atoms with Crippen LogP contribution in [-0.2, 0) is 19.1 Å². The zero-order chi connectivity index (χ0) is 13.1. The van der Waals surface area contributed by atoms with Crippen molar-refractivity contribution in [2.24, 2.45) is 23.7 Å². The molecule has 0 amide bonds. The van der Waals surface area contributed by atoms with Crippen LogP contribution in [0.15, 0.2) is 0 Å². The van der Waals surface area contributed by atoms with Crippen molar-refractivity contribution in [3.8, 4) is 0 Å². The zero-order valence-electron chi connectivity index (χ0n) is 11.1. The van der Waals surface area contributed by atoms with Gasteiger partial charge >= 0.3 is 11.9 Å². The molecule has 2 saturated carbocycles. The summed E-state index contributed by atoms with van der Waals surface area (Å²) in [7, 11) is 0. The minimum Gasteiger partial charge on any atom is -0.458 e. The maximum absolute atomic E-state index is 11.9. The Hall–Kier alpha value is -1.06. The van der Waals surface area contributed by atoms with E-state index in [1.54, 1.807) is 0 Å². The fourth-order valence-corrected chi connectivity index (χ4v) is 3.85. The predicted molar refractivity (Wildman–Crippen MR) is 63.5 cm³/mol. The lowest BCUT2D eigenvalue weighted by molar-refractivity contribution is -0.223. The quantitative estimate of drug-likeness (QED) is 0.720. The first-order valence-electron chi connectivity index (χ1n) is 6.90. The van der Waals surface area contributed by atoms with Gasteiger partial charge in [0.15, 0.2) is 0 Å². The van der Waals surface area contributed by atoms with Crippen molar-refractivity contribution in [1.82, 2.24) is 0 Å². The second kappa shape index (κ2) is 3.72. The normalized spacial score (nSPS) is 46.1. The zero-order valence-corrected chi connectivity index (χ0v) is 11.1. The maximum atomic E-state index is 11.9. The predicted octanol–water partition coefficient (Wildman–Crippen LogP) is 1.92. The van der Waals surface area contributed by atoms with Crippen LogP contribution in [0.2, 0.25) is 0 Å². The Morgan fingerprint density at radius 3 is 2.89 bits per heavy atom. The number of hydrogen-bond acceptors (Lipinski definition) is 4. The van der Waals surface area contributed by atoms with Gasteiger partial charge in [-0.15, -0.1) is 0 Å². The number of fused-ring (bicyclic) bond motifs is 1. The van der Waals surface area contributed by atoms with E-state index in [4.69, 9.17) is 9.47 Å². The molecule has 0 radical (unpaired) electrons. The summed E-state index contributed by atoms with van der Waals surface area (Å²) < 4.78 is 11.2. The summed E-state index contributed by atoms with van der Waals surface area (Å²) in [6, 6.07) is 0. The molecule has 2 heterocycles. The molecule has 4 heteroatoms. The SMILES string of the molecule is CCC(C)C(=O)OC1C2CC3CC2C(=O)OC31C. The molecule has 4 nitrogen and oxygen atoms in total. The van der Waals surface area contributed by atoms with E-state index in [0.29, 0.717) is 5.92 Å². The molecule has 0 aromatic heterocycles. The number of carbonyl (C=O) groups excluding carboxylic acids is 2. The summed E-state index contributed by atoms with van der Waals surface area (Å²) in [5, 5.41) is 0. The van der Waals surface area contributed by atoms with Crippen LogP contribution in [0, 0.1) is 23.7 Å². The molecule has 0 aromatic rings. The van der Waals surface area contributed by atoms with Crippen LogP contribution in [0.1, 0.15) is 40.0 Å². The molecule has 0 aromatic carbocycles. The monoisotopic (exact) mass is 252 g/mol. The van der Waals surface area contributed by atoms with Gasteiger partial charge in [0.05, 0.1) is 11.8 Å². The molecule has 4 fully saturated rings. The lowest BCUT2D eigenvalue weighted by atomic mass is 9.74. The highest BCUT2D eigenvalue weighted by molar-refractivity contribution is 5.78. The lowest BCUT2D eigenvalue weighted by Crippen LogP contribution is -2.59. The Bertz CT molecular complexity index is 405. The third kappa shape index (κ3) is 1.38. The van der Waals surface area contributed by atoms with Crippen molar-refractivity contribution in [1.29, 1.82) is 0 Å². The summed E-state index contributed by atoms with van der Waals surface area (Å²) in [5.74, 6) is 0.202. The molecule has 100 valence electrons. The van der Waals surface area contributed by atoms with Crippen LogP contribution < -0.4 is 0 Å². The number of rotatable bonds is 3. The van der Waals surface area contributed by atoms with Gasteiger partial charge in [0.25, 0.3) is 0 Å². The van der Waals surface area contributed by atoms with E-state index in [1.807, 2.05) is 20.8 Å².